The molecule has 0 saturated carbocycles. The van der Waals surface area contributed by atoms with Crippen LogP contribution in [0.5, 0.6) is 5.75 Å². The quantitative estimate of drug-likeness (QED) is 0.447. The zero-order valence-corrected chi connectivity index (χ0v) is 17.3. The molecule has 0 aliphatic heterocycles. The number of hydrogen-bond acceptors (Lipinski definition) is 3. The van der Waals surface area contributed by atoms with E-state index in [-0.39, 0.29) is 34.1 Å². The first kappa shape index (κ1) is 21.6. The highest BCUT2D eigenvalue weighted by Crippen LogP contribution is 2.32. The molecule has 5 nitrogen and oxygen atoms in total. The van der Waals surface area contributed by atoms with E-state index in [0.717, 1.165) is 16.7 Å². The van der Waals surface area contributed by atoms with Crippen LogP contribution in [-0.2, 0) is 6.54 Å². The summed E-state index contributed by atoms with van der Waals surface area (Å²) in [4.78, 5) is 12.6. The minimum Gasteiger partial charge on any atom is -0.507 e. The highest BCUT2D eigenvalue weighted by Gasteiger charge is 2.19. The number of rotatable bonds is 5. The van der Waals surface area contributed by atoms with Crippen LogP contribution in [0.25, 0.3) is 0 Å². The summed E-state index contributed by atoms with van der Waals surface area (Å²) in [6.45, 7) is 8.38. The lowest BCUT2D eigenvalue weighted by Gasteiger charge is -2.17. The predicted octanol–water partition coefficient (Wildman–Crippen LogP) is 4.09. The number of benzene rings is 2. The third kappa shape index (κ3) is 5.66. The fraction of sp³-hybridized carbons (Fsp3) is 0.333. The summed E-state index contributed by atoms with van der Waals surface area (Å²) in [7, 11) is 0. The predicted molar refractivity (Wildman–Crippen MR) is 113 cm³/mol. The Bertz CT molecular complexity index is 851. The van der Waals surface area contributed by atoms with E-state index in [0.29, 0.717) is 6.54 Å². The molecule has 0 aliphatic rings. The Morgan fingerprint density at radius 2 is 1.71 bits per heavy atom. The SMILES string of the molecule is CC(C)c1cc(C(=O)NNC(=S)NCc2ccc(F)cc2)c(O)c(C(C)C)c1. The van der Waals surface area contributed by atoms with Crippen LogP contribution in [0.15, 0.2) is 36.4 Å². The summed E-state index contributed by atoms with van der Waals surface area (Å²) < 4.78 is 12.9. The Morgan fingerprint density at radius 1 is 1.07 bits per heavy atom. The lowest BCUT2D eigenvalue weighted by Crippen LogP contribution is -2.46. The van der Waals surface area contributed by atoms with Gasteiger partial charge in [0.15, 0.2) is 5.11 Å². The largest absolute Gasteiger partial charge is 0.507 e. The number of phenols is 1. The van der Waals surface area contributed by atoms with Gasteiger partial charge in [-0.05, 0) is 58.9 Å². The van der Waals surface area contributed by atoms with E-state index in [1.54, 1.807) is 18.2 Å². The van der Waals surface area contributed by atoms with Crippen LogP contribution >= 0.6 is 12.2 Å². The van der Waals surface area contributed by atoms with E-state index in [4.69, 9.17) is 12.2 Å². The smallest absolute Gasteiger partial charge is 0.273 e. The van der Waals surface area contributed by atoms with Gasteiger partial charge in [0.05, 0.1) is 5.56 Å². The Labute approximate surface area is 170 Å². The van der Waals surface area contributed by atoms with Gasteiger partial charge in [0, 0.05) is 6.54 Å². The number of hydrazine groups is 1. The van der Waals surface area contributed by atoms with Crippen molar-refractivity contribution >= 4 is 23.2 Å². The van der Waals surface area contributed by atoms with Crippen LogP contribution in [0.4, 0.5) is 4.39 Å². The normalized spacial score (nSPS) is 10.8. The van der Waals surface area contributed by atoms with Crippen LogP contribution < -0.4 is 16.2 Å². The summed E-state index contributed by atoms with van der Waals surface area (Å²) in [6.07, 6.45) is 0. The standard InChI is InChI=1S/C21H26FN3O2S/c1-12(2)15-9-17(13(3)4)19(26)18(10-15)20(27)24-25-21(28)23-11-14-5-7-16(22)8-6-14/h5-10,12-13,26H,11H2,1-4H3,(H,24,27)(H2,23,25,28). The molecule has 0 aromatic heterocycles. The van der Waals surface area contributed by atoms with Crippen LogP contribution in [0.2, 0.25) is 0 Å². The molecule has 28 heavy (non-hydrogen) atoms. The molecule has 0 spiro atoms. The van der Waals surface area contributed by atoms with E-state index >= 15 is 0 Å². The van der Waals surface area contributed by atoms with E-state index in [1.807, 2.05) is 33.8 Å². The molecule has 0 aliphatic carbocycles. The molecule has 2 aromatic rings. The molecule has 150 valence electrons. The third-order valence-corrected chi connectivity index (χ3v) is 4.60. The first-order valence-electron chi connectivity index (χ1n) is 9.14. The Morgan fingerprint density at radius 3 is 2.29 bits per heavy atom. The van der Waals surface area contributed by atoms with Gasteiger partial charge in [0.2, 0.25) is 0 Å². The van der Waals surface area contributed by atoms with Crippen molar-refractivity contribution in [2.45, 2.75) is 46.1 Å². The maximum Gasteiger partial charge on any atom is 0.273 e. The van der Waals surface area contributed by atoms with Gasteiger partial charge in [-0.3, -0.25) is 15.6 Å². The number of nitrogens with one attached hydrogen (secondary N) is 3. The molecule has 0 bridgehead atoms. The molecule has 0 atom stereocenters. The van der Waals surface area contributed by atoms with E-state index in [2.05, 4.69) is 16.2 Å². The van der Waals surface area contributed by atoms with Gasteiger partial charge in [-0.15, -0.1) is 0 Å². The average Bonchev–Trinajstić information content (AvgIpc) is 2.65. The number of hydrogen-bond donors (Lipinski definition) is 4. The first-order chi connectivity index (χ1) is 13.2. The second-order valence-electron chi connectivity index (χ2n) is 7.20. The molecule has 1 amide bonds. The highest BCUT2D eigenvalue weighted by molar-refractivity contribution is 7.80. The van der Waals surface area contributed by atoms with Gasteiger partial charge in [-0.1, -0.05) is 45.9 Å². The molecular weight excluding hydrogens is 377 g/mol. The fourth-order valence-corrected chi connectivity index (χ4v) is 2.76. The fourth-order valence-electron chi connectivity index (χ4n) is 2.64. The minimum absolute atomic E-state index is 0.0242. The molecule has 0 fully saturated rings. The van der Waals surface area contributed by atoms with Crippen molar-refractivity contribution in [2.75, 3.05) is 0 Å². The van der Waals surface area contributed by atoms with E-state index in [9.17, 15) is 14.3 Å². The summed E-state index contributed by atoms with van der Waals surface area (Å²) in [5, 5.41) is 13.6. The van der Waals surface area contributed by atoms with Crippen molar-refractivity contribution in [3.63, 3.8) is 0 Å². The van der Waals surface area contributed by atoms with Crippen LogP contribution in [0.1, 0.15) is 66.6 Å². The first-order valence-corrected chi connectivity index (χ1v) is 9.55. The second-order valence-corrected chi connectivity index (χ2v) is 7.61. The molecule has 0 heterocycles. The third-order valence-electron chi connectivity index (χ3n) is 4.35. The van der Waals surface area contributed by atoms with Crippen molar-refractivity contribution in [3.8, 4) is 5.75 Å². The van der Waals surface area contributed by atoms with E-state index < -0.39 is 5.91 Å². The second kappa shape index (κ2) is 9.50. The van der Waals surface area contributed by atoms with Crippen molar-refractivity contribution < 1.29 is 14.3 Å². The summed E-state index contributed by atoms with van der Waals surface area (Å²) in [6, 6.07) is 9.65. The monoisotopic (exact) mass is 403 g/mol. The van der Waals surface area contributed by atoms with Crippen molar-refractivity contribution in [2.24, 2.45) is 0 Å². The lowest BCUT2D eigenvalue weighted by atomic mass is 9.92. The summed E-state index contributed by atoms with van der Waals surface area (Å²) in [5.41, 5.74) is 7.88. The van der Waals surface area contributed by atoms with Gasteiger partial charge >= 0.3 is 0 Å². The molecule has 2 aromatic carbocycles. The average molecular weight is 404 g/mol. The van der Waals surface area contributed by atoms with Crippen molar-refractivity contribution in [1.29, 1.82) is 0 Å². The molecule has 0 radical (unpaired) electrons. The number of halogens is 1. The lowest BCUT2D eigenvalue weighted by molar-refractivity contribution is 0.0940. The van der Waals surface area contributed by atoms with Crippen LogP contribution in [0, 0.1) is 5.82 Å². The van der Waals surface area contributed by atoms with Gasteiger partial charge < -0.3 is 10.4 Å². The van der Waals surface area contributed by atoms with E-state index in [1.165, 1.54) is 12.1 Å². The van der Waals surface area contributed by atoms with Crippen molar-refractivity contribution in [1.82, 2.24) is 16.2 Å². The number of aromatic hydroxyl groups is 1. The van der Waals surface area contributed by atoms with Gasteiger partial charge in [-0.25, -0.2) is 4.39 Å². The molecule has 4 N–H and O–H groups in total. The Kier molecular flexibility index (Phi) is 7.34. The molecule has 7 heteroatoms. The number of carbonyl (C=O) groups is 1. The number of carbonyl (C=O) groups excluding carboxylic acids is 1. The molecule has 0 unspecified atom stereocenters. The van der Waals surface area contributed by atoms with Gasteiger partial charge in [0.1, 0.15) is 11.6 Å². The van der Waals surface area contributed by atoms with Gasteiger partial charge in [-0.2, -0.15) is 0 Å². The number of amides is 1. The maximum absolute atomic E-state index is 12.9. The number of phenolic OH excluding ortho intramolecular Hbond substituents is 1. The summed E-state index contributed by atoms with van der Waals surface area (Å²) in [5.74, 6) is -0.509. The zero-order chi connectivity index (χ0) is 20.8. The molecule has 0 saturated heterocycles. The highest BCUT2D eigenvalue weighted by atomic mass is 32.1. The Balaban J connectivity index is 2.01. The van der Waals surface area contributed by atoms with Crippen LogP contribution in [0.3, 0.4) is 0 Å². The Hall–Kier alpha value is -2.67. The molecular formula is C21H26FN3O2S. The van der Waals surface area contributed by atoms with Gasteiger partial charge in [0.25, 0.3) is 5.91 Å². The van der Waals surface area contributed by atoms with Crippen molar-refractivity contribution in [3.05, 3.63) is 64.5 Å². The maximum atomic E-state index is 12.9. The minimum atomic E-state index is -0.479. The zero-order valence-electron chi connectivity index (χ0n) is 16.5. The number of thiocarbonyl (C=S) groups is 1. The van der Waals surface area contributed by atoms with Crippen LogP contribution in [-0.4, -0.2) is 16.1 Å². The topological polar surface area (TPSA) is 73.4 Å². The molecule has 2 rings (SSSR count). The summed E-state index contributed by atoms with van der Waals surface area (Å²) >= 11 is 5.14.